The maximum atomic E-state index is 13.5. The van der Waals surface area contributed by atoms with Gasteiger partial charge in [0.25, 0.3) is 0 Å². The van der Waals surface area contributed by atoms with Crippen LogP contribution < -0.4 is 16.0 Å². The summed E-state index contributed by atoms with van der Waals surface area (Å²) in [5, 5.41) is 9.37. The zero-order chi connectivity index (χ0) is 16.5. The third-order valence-electron chi connectivity index (χ3n) is 3.41. The number of nitrogens with one attached hydrogen (secondary N) is 3. The Labute approximate surface area is 140 Å². The molecule has 1 atom stereocenters. The zero-order valence-corrected chi connectivity index (χ0v) is 14.1. The molecule has 1 fully saturated rings. The Bertz CT molecular complexity index is 543. The van der Waals surface area contributed by atoms with E-state index in [0.717, 1.165) is 18.9 Å². The van der Waals surface area contributed by atoms with E-state index in [0.29, 0.717) is 30.2 Å². The van der Waals surface area contributed by atoms with Crippen LogP contribution in [0.1, 0.15) is 19.8 Å². The van der Waals surface area contributed by atoms with Gasteiger partial charge in [-0.15, -0.1) is 11.8 Å². The van der Waals surface area contributed by atoms with E-state index in [1.54, 1.807) is 12.1 Å². The minimum atomic E-state index is -0.190. The van der Waals surface area contributed by atoms with E-state index in [4.69, 9.17) is 0 Å². The fourth-order valence-electron chi connectivity index (χ4n) is 2.24. The van der Waals surface area contributed by atoms with Crippen LogP contribution in [0.4, 0.5) is 4.39 Å². The lowest BCUT2D eigenvalue weighted by molar-refractivity contribution is -0.122. The van der Waals surface area contributed by atoms with E-state index < -0.39 is 0 Å². The van der Waals surface area contributed by atoms with Crippen LogP contribution in [-0.4, -0.2) is 43.3 Å². The fourth-order valence-corrected chi connectivity index (χ4v) is 3.03. The molecule has 7 heteroatoms. The second-order valence-electron chi connectivity index (χ2n) is 5.22. The molecule has 0 aliphatic carbocycles. The molecular weight excluding hydrogens is 315 g/mol. The summed E-state index contributed by atoms with van der Waals surface area (Å²) in [6.07, 6.45) is 1.35. The molecule has 0 aromatic heterocycles. The first-order chi connectivity index (χ1) is 11.2. The molecule has 0 radical (unpaired) electrons. The number of amides is 1. The van der Waals surface area contributed by atoms with Crippen LogP contribution in [0.5, 0.6) is 0 Å². The molecule has 23 heavy (non-hydrogen) atoms. The van der Waals surface area contributed by atoms with Gasteiger partial charge in [0.15, 0.2) is 5.96 Å². The summed E-state index contributed by atoms with van der Waals surface area (Å²) in [4.78, 5) is 16.3. The number of carbonyl (C=O) groups is 1. The molecule has 1 aliphatic rings. The molecule has 5 nitrogen and oxygen atoms in total. The van der Waals surface area contributed by atoms with Gasteiger partial charge in [0.05, 0.1) is 6.54 Å². The first-order valence-electron chi connectivity index (χ1n) is 7.88. The maximum absolute atomic E-state index is 13.5. The van der Waals surface area contributed by atoms with E-state index in [1.165, 1.54) is 17.8 Å². The summed E-state index contributed by atoms with van der Waals surface area (Å²) in [6, 6.07) is 6.96. The summed E-state index contributed by atoms with van der Waals surface area (Å²) in [6.45, 7) is 3.99. The highest BCUT2D eigenvalue weighted by atomic mass is 32.2. The number of nitrogens with zero attached hydrogens (tertiary/aromatic N) is 1. The Morgan fingerprint density at radius 3 is 3.00 bits per heavy atom. The van der Waals surface area contributed by atoms with Crippen molar-refractivity contribution in [1.82, 2.24) is 16.0 Å². The molecule has 1 saturated heterocycles. The van der Waals surface area contributed by atoms with Gasteiger partial charge in [-0.2, -0.15) is 0 Å². The molecule has 1 aliphatic heterocycles. The SMILES string of the molecule is CCNC(=NCCSc1ccccc1F)NC1CCC(=O)NC1. The van der Waals surface area contributed by atoms with Gasteiger partial charge in [-0.25, -0.2) is 4.39 Å². The lowest BCUT2D eigenvalue weighted by Crippen LogP contribution is -2.51. The Balaban J connectivity index is 1.79. The minimum Gasteiger partial charge on any atom is -0.357 e. The van der Waals surface area contributed by atoms with Gasteiger partial charge in [-0.05, 0) is 25.5 Å². The second kappa shape index (κ2) is 9.39. The van der Waals surface area contributed by atoms with Crippen LogP contribution in [0.3, 0.4) is 0 Å². The molecule has 2 rings (SSSR count). The van der Waals surface area contributed by atoms with Gasteiger partial charge in [0.2, 0.25) is 5.91 Å². The Hall–Kier alpha value is -1.76. The molecule has 0 saturated carbocycles. The van der Waals surface area contributed by atoms with Crippen LogP contribution in [0.25, 0.3) is 0 Å². The molecule has 126 valence electrons. The third kappa shape index (κ3) is 6.09. The number of thioether (sulfide) groups is 1. The molecule has 0 spiro atoms. The fraction of sp³-hybridized carbons (Fsp3) is 0.500. The first kappa shape index (κ1) is 17.6. The highest BCUT2D eigenvalue weighted by Crippen LogP contribution is 2.20. The van der Waals surface area contributed by atoms with Crippen molar-refractivity contribution in [3.05, 3.63) is 30.1 Å². The summed E-state index contributed by atoms with van der Waals surface area (Å²) in [5.74, 6) is 1.36. The Morgan fingerprint density at radius 1 is 1.48 bits per heavy atom. The van der Waals surface area contributed by atoms with Gasteiger partial charge >= 0.3 is 0 Å². The number of rotatable bonds is 6. The minimum absolute atomic E-state index is 0.103. The van der Waals surface area contributed by atoms with E-state index >= 15 is 0 Å². The van der Waals surface area contributed by atoms with Gasteiger partial charge in [0.1, 0.15) is 5.82 Å². The summed E-state index contributed by atoms with van der Waals surface area (Å²) < 4.78 is 13.5. The predicted octanol–water partition coefficient (Wildman–Crippen LogP) is 1.75. The molecule has 1 unspecified atom stereocenters. The van der Waals surface area contributed by atoms with Crippen LogP contribution in [0.15, 0.2) is 34.2 Å². The van der Waals surface area contributed by atoms with Crippen molar-refractivity contribution in [2.75, 3.05) is 25.4 Å². The lowest BCUT2D eigenvalue weighted by Gasteiger charge is -2.25. The van der Waals surface area contributed by atoms with Crippen molar-refractivity contribution in [3.8, 4) is 0 Å². The Kier molecular flexibility index (Phi) is 7.19. The zero-order valence-electron chi connectivity index (χ0n) is 13.3. The largest absolute Gasteiger partial charge is 0.357 e. The van der Waals surface area contributed by atoms with Gasteiger partial charge in [0, 0.05) is 36.2 Å². The lowest BCUT2D eigenvalue weighted by atomic mass is 10.1. The van der Waals surface area contributed by atoms with Crippen molar-refractivity contribution < 1.29 is 9.18 Å². The number of guanidine groups is 1. The molecular formula is C16H23FN4OS. The van der Waals surface area contributed by atoms with Crippen molar-refractivity contribution >= 4 is 23.6 Å². The summed E-state index contributed by atoms with van der Waals surface area (Å²) in [7, 11) is 0. The quantitative estimate of drug-likeness (QED) is 0.320. The van der Waals surface area contributed by atoms with Gasteiger partial charge in [-0.3, -0.25) is 9.79 Å². The van der Waals surface area contributed by atoms with Crippen molar-refractivity contribution in [1.29, 1.82) is 0 Å². The molecule has 3 N–H and O–H groups in total. The molecule has 1 aromatic carbocycles. The highest BCUT2D eigenvalue weighted by Gasteiger charge is 2.18. The smallest absolute Gasteiger partial charge is 0.220 e. The maximum Gasteiger partial charge on any atom is 0.220 e. The summed E-state index contributed by atoms with van der Waals surface area (Å²) in [5.41, 5.74) is 0. The normalized spacial score (nSPS) is 18.4. The number of aliphatic imine (C=N–C) groups is 1. The predicted molar refractivity (Wildman–Crippen MR) is 92.3 cm³/mol. The first-order valence-corrected chi connectivity index (χ1v) is 8.86. The van der Waals surface area contributed by atoms with Crippen LogP contribution in [0.2, 0.25) is 0 Å². The average Bonchev–Trinajstić information content (AvgIpc) is 2.55. The van der Waals surface area contributed by atoms with Gasteiger partial charge in [-0.1, -0.05) is 12.1 Å². The standard InChI is InChI=1S/C16H23FN4OS/c1-2-18-16(21-12-7-8-15(22)20-11-12)19-9-10-23-14-6-4-3-5-13(14)17/h3-6,12H,2,7-11H2,1H3,(H,20,22)(H2,18,19,21). The van der Waals surface area contributed by atoms with Crippen LogP contribution in [-0.2, 0) is 4.79 Å². The number of hydrogen-bond donors (Lipinski definition) is 3. The van der Waals surface area contributed by atoms with Gasteiger partial charge < -0.3 is 16.0 Å². The van der Waals surface area contributed by atoms with Crippen molar-refractivity contribution in [2.24, 2.45) is 4.99 Å². The number of halogens is 1. The molecule has 1 aromatic rings. The molecule has 1 heterocycles. The van der Waals surface area contributed by atoms with Crippen molar-refractivity contribution in [2.45, 2.75) is 30.7 Å². The number of hydrogen-bond acceptors (Lipinski definition) is 3. The highest BCUT2D eigenvalue weighted by molar-refractivity contribution is 7.99. The topological polar surface area (TPSA) is 65.5 Å². The number of piperidine rings is 1. The number of benzene rings is 1. The average molecular weight is 338 g/mol. The molecule has 0 bridgehead atoms. The van der Waals surface area contributed by atoms with E-state index in [1.807, 2.05) is 13.0 Å². The Morgan fingerprint density at radius 2 is 2.30 bits per heavy atom. The third-order valence-corrected chi connectivity index (χ3v) is 4.43. The molecule has 1 amide bonds. The monoisotopic (exact) mass is 338 g/mol. The van der Waals surface area contributed by atoms with Crippen LogP contribution in [0, 0.1) is 5.82 Å². The van der Waals surface area contributed by atoms with E-state index in [9.17, 15) is 9.18 Å². The van der Waals surface area contributed by atoms with Crippen molar-refractivity contribution in [3.63, 3.8) is 0 Å². The second-order valence-corrected chi connectivity index (χ2v) is 6.36. The van der Waals surface area contributed by atoms with E-state index in [-0.39, 0.29) is 17.8 Å². The van der Waals surface area contributed by atoms with Crippen LogP contribution >= 0.6 is 11.8 Å². The summed E-state index contributed by atoms with van der Waals surface area (Å²) >= 11 is 1.46. The van der Waals surface area contributed by atoms with E-state index in [2.05, 4.69) is 20.9 Å². The number of carbonyl (C=O) groups excluding carboxylic acids is 1.